The molecule has 1 saturated carbocycles. The van der Waals surface area contributed by atoms with Gasteiger partial charge in [-0.2, -0.15) is 0 Å². The van der Waals surface area contributed by atoms with E-state index in [1.54, 1.807) is 6.92 Å². The average Bonchev–Trinajstić information content (AvgIpc) is 3.07. The van der Waals surface area contributed by atoms with E-state index < -0.39 is 5.54 Å². The molecule has 0 spiro atoms. The van der Waals surface area contributed by atoms with Crippen LogP contribution in [0, 0.1) is 5.92 Å². The lowest BCUT2D eigenvalue weighted by molar-refractivity contribution is -0.145. The van der Waals surface area contributed by atoms with Crippen LogP contribution in [-0.2, 0) is 15.1 Å². The zero-order chi connectivity index (χ0) is 12.3. The van der Waals surface area contributed by atoms with E-state index >= 15 is 0 Å². The Bertz CT molecular complexity index is 468. The maximum Gasteiger partial charge on any atom is 0.309 e. The molecule has 1 aromatic rings. The Balaban J connectivity index is 2.27. The Labute approximate surface area is 99.0 Å². The van der Waals surface area contributed by atoms with Crippen LogP contribution in [0.15, 0.2) is 35.4 Å². The lowest BCUT2D eigenvalue weighted by atomic mass is 10.0. The first kappa shape index (κ1) is 11.5. The molecule has 1 aliphatic carbocycles. The molecule has 0 aromatic heterocycles. The van der Waals surface area contributed by atoms with Crippen LogP contribution in [0.3, 0.4) is 0 Å². The molecule has 5 heteroatoms. The third-order valence-electron chi connectivity index (χ3n) is 3.00. The molecule has 1 fully saturated rings. The van der Waals surface area contributed by atoms with Gasteiger partial charge in [-0.1, -0.05) is 35.4 Å². The van der Waals surface area contributed by atoms with Crippen molar-refractivity contribution in [2.24, 2.45) is 11.0 Å². The molecule has 17 heavy (non-hydrogen) atoms. The number of hydrogen-bond acceptors (Lipinski definition) is 3. The fourth-order valence-corrected chi connectivity index (χ4v) is 2.07. The zero-order valence-electron chi connectivity index (χ0n) is 9.54. The van der Waals surface area contributed by atoms with Crippen LogP contribution in [0.1, 0.15) is 18.9 Å². The number of nitrogens with zero attached hydrogens (tertiary/aromatic N) is 3. The summed E-state index contributed by atoms with van der Waals surface area (Å²) in [5.74, 6) is -0.635. The van der Waals surface area contributed by atoms with Crippen molar-refractivity contribution in [3.05, 3.63) is 46.3 Å². The van der Waals surface area contributed by atoms with Crippen LogP contribution in [0.4, 0.5) is 0 Å². The van der Waals surface area contributed by atoms with E-state index in [-0.39, 0.29) is 11.9 Å². The lowest BCUT2D eigenvalue weighted by Gasteiger charge is -2.10. The minimum Gasteiger partial charge on any atom is -0.466 e. The first-order valence-electron chi connectivity index (χ1n) is 5.53. The minimum atomic E-state index is -0.734. The molecule has 0 bridgehead atoms. The minimum absolute atomic E-state index is 0.288. The fraction of sp³-hybridized carbons (Fsp3) is 0.417. The van der Waals surface area contributed by atoms with Gasteiger partial charge in [-0.3, -0.25) is 4.79 Å². The normalized spacial score (nSPS) is 25.8. The fourth-order valence-electron chi connectivity index (χ4n) is 2.07. The quantitative estimate of drug-likeness (QED) is 0.346. The van der Waals surface area contributed by atoms with Crippen LogP contribution in [-0.4, -0.2) is 12.6 Å². The molecule has 2 atom stereocenters. The monoisotopic (exact) mass is 231 g/mol. The van der Waals surface area contributed by atoms with Crippen molar-refractivity contribution in [3.8, 4) is 0 Å². The molecular weight excluding hydrogens is 218 g/mol. The average molecular weight is 231 g/mol. The van der Waals surface area contributed by atoms with Crippen LogP contribution in [0.25, 0.3) is 10.4 Å². The van der Waals surface area contributed by atoms with Crippen molar-refractivity contribution in [2.75, 3.05) is 6.61 Å². The topological polar surface area (TPSA) is 75.1 Å². The summed E-state index contributed by atoms with van der Waals surface area (Å²) in [6.45, 7) is 2.11. The van der Waals surface area contributed by atoms with Gasteiger partial charge in [0, 0.05) is 4.91 Å². The molecule has 88 valence electrons. The predicted molar refractivity (Wildman–Crippen MR) is 62.0 cm³/mol. The molecule has 0 amide bonds. The second-order valence-electron chi connectivity index (χ2n) is 3.99. The van der Waals surface area contributed by atoms with Gasteiger partial charge in [0.25, 0.3) is 0 Å². The summed E-state index contributed by atoms with van der Waals surface area (Å²) < 4.78 is 4.97. The van der Waals surface area contributed by atoms with Crippen molar-refractivity contribution in [1.82, 2.24) is 0 Å². The summed E-state index contributed by atoms with van der Waals surface area (Å²) in [7, 11) is 0. The van der Waals surface area contributed by atoms with E-state index in [9.17, 15) is 4.79 Å². The highest BCUT2D eigenvalue weighted by molar-refractivity contribution is 5.79. The van der Waals surface area contributed by atoms with Gasteiger partial charge >= 0.3 is 5.97 Å². The highest BCUT2D eigenvalue weighted by Gasteiger charge is 2.60. The molecule has 0 radical (unpaired) electrons. The second-order valence-corrected chi connectivity index (χ2v) is 3.99. The second kappa shape index (κ2) is 4.47. The SMILES string of the molecule is CCOC(=O)C1CC1(N=[N+]=[N-])c1ccccc1. The molecule has 0 heterocycles. The van der Waals surface area contributed by atoms with Gasteiger partial charge in [0.05, 0.1) is 18.1 Å². The number of ether oxygens (including phenoxy) is 1. The van der Waals surface area contributed by atoms with E-state index in [0.29, 0.717) is 13.0 Å². The number of carbonyl (C=O) groups excluding carboxylic acids is 1. The summed E-state index contributed by atoms with van der Waals surface area (Å²) in [5, 5.41) is 3.80. The van der Waals surface area contributed by atoms with Crippen LogP contribution in [0.2, 0.25) is 0 Å². The van der Waals surface area contributed by atoms with Crippen molar-refractivity contribution >= 4 is 5.97 Å². The number of rotatable bonds is 4. The van der Waals surface area contributed by atoms with Crippen molar-refractivity contribution in [3.63, 3.8) is 0 Å². The summed E-state index contributed by atoms with van der Waals surface area (Å²) in [6.07, 6.45) is 0.528. The van der Waals surface area contributed by atoms with Gasteiger partial charge in [-0.15, -0.1) is 0 Å². The number of carbonyl (C=O) groups is 1. The van der Waals surface area contributed by atoms with Crippen molar-refractivity contribution in [2.45, 2.75) is 18.9 Å². The van der Waals surface area contributed by atoms with Crippen molar-refractivity contribution < 1.29 is 9.53 Å². The molecule has 0 N–H and O–H groups in total. The van der Waals surface area contributed by atoms with Gasteiger partial charge in [0.2, 0.25) is 0 Å². The third-order valence-corrected chi connectivity index (χ3v) is 3.00. The Morgan fingerprint density at radius 1 is 1.59 bits per heavy atom. The Kier molecular flexibility index (Phi) is 3.02. The zero-order valence-corrected chi connectivity index (χ0v) is 9.54. The standard InChI is InChI=1S/C12H13N3O2/c1-2-17-11(16)10-8-12(10,14-15-13)9-6-4-3-5-7-9/h3-7,10H,2,8H2,1H3. The molecule has 1 aliphatic rings. The Morgan fingerprint density at radius 3 is 2.88 bits per heavy atom. The largest absolute Gasteiger partial charge is 0.466 e. The Hall–Kier alpha value is -2.00. The highest BCUT2D eigenvalue weighted by Crippen LogP contribution is 2.56. The van der Waals surface area contributed by atoms with Crippen LogP contribution < -0.4 is 0 Å². The number of esters is 1. The maximum atomic E-state index is 11.7. The van der Waals surface area contributed by atoms with E-state index in [2.05, 4.69) is 10.0 Å². The summed E-state index contributed by atoms with van der Waals surface area (Å²) >= 11 is 0. The molecule has 0 aliphatic heterocycles. The van der Waals surface area contributed by atoms with E-state index in [4.69, 9.17) is 10.3 Å². The molecule has 5 nitrogen and oxygen atoms in total. The first-order valence-corrected chi connectivity index (χ1v) is 5.53. The van der Waals surface area contributed by atoms with E-state index in [0.717, 1.165) is 5.56 Å². The predicted octanol–water partition coefficient (Wildman–Crippen LogP) is 2.78. The summed E-state index contributed by atoms with van der Waals surface area (Å²) in [4.78, 5) is 14.5. The van der Waals surface area contributed by atoms with Gasteiger partial charge in [0.15, 0.2) is 0 Å². The maximum absolute atomic E-state index is 11.7. The van der Waals surface area contributed by atoms with E-state index in [1.165, 1.54) is 0 Å². The highest BCUT2D eigenvalue weighted by atomic mass is 16.5. The van der Waals surface area contributed by atoms with Crippen LogP contribution in [0.5, 0.6) is 0 Å². The molecule has 1 aromatic carbocycles. The molecule has 0 saturated heterocycles. The Morgan fingerprint density at radius 2 is 2.29 bits per heavy atom. The number of hydrogen-bond donors (Lipinski definition) is 0. The molecular formula is C12H13N3O2. The smallest absolute Gasteiger partial charge is 0.309 e. The number of azide groups is 1. The first-order chi connectivity index (χ1) is 8.24. The number of benzene rings is 1. The summed E-state index contributed by atoms with van der Waals surface area (Å²) in [6, 6.07) is 9.35. The lowest BCUT2D eigenvalue weighted by Crippen LogP contribution is -2.15. The third kappa shape index (κ3) is 1.97. The molecule has 2 rings (SSSR count). The van der Waals surface area contributed by atoms with Crippen LogP contribution >= 0.6 is 0 Å². The van der Waals surface area contributed by atoms with Gasteiger partial charge < -0.3 is 4.74 Å². The summed E-state index contributed by atoms with van der Waals surface area (Å²) in [5.41, 5.74) is 8.78. The van der Waals surface area contributed by atoms with Gasteiger partial charge in [-0.25, -0.2) is 0 Å². The van der Waals surface area contributed by atoms with Gasteiger partial charge in [0.1, 0.15) is 0 Å². The van der Waals surface area contributed by atoms with Crippen molar-refractivity contribution in [1.29, 1.82) is 0 Å². The van der Waals surface area contributed by atoms with Gasteiger partial charge in [-0.05, 0) is 24.4 Å². The van der Waals surface area contributed by atoms with E-state index in [1.807, 2.05) is 30.3 Å². The molecule has 2 unspecified atom stereocenters.